The number of hydrogen-bond donors (Lipinski definition) is 1. The monoisotopic (exact) mass is 240 g/mol. The van der Waals surface area contributed by atoms with Gasteiger partial charge in [-0.25, -0.2) is 0 Å². The molecule has 4 atom stereocenters. The molecule has 0 spiro atoms. The standard InChI is InChI=1S/C16H20N2/c17-11-13-6-7-15(9-13)18-16-10-14(16)8-12-4-2-1-3-5-12/h1-5,13-16,18H,6-10H2. The maximum Gasteiger partial charge on any atom is 0.0656 e. The van der Waals surface area contributed by atoms with Crippen LogP contribution in [0.5, 0.6) is 0 Å². The van der Waals surface area contributed by atoms with Crippen molar-refractivity contribution in [3.05, 3.63) is 35.9 Å². The zero-order chi connectivity index (χ0) is 12.4. The zero-order valence-electron chi connectivity index (χ0n) is 10.7. The van der Waals surface area contributed by atoms with E-state index >= 15 is 0 Å². The number of nitrogens with zero attached hydrogens (tertiary/aromatic N) is 1. The van der Waals surface area contributed by atoms with E-state index in [0.717, 1.165) is 18.8 Å². The predicted molar refractivity (Wildman–Crippen MR) is 71.9 cm³/mol. The molecule has 18 heavy (non-hydrogen) atoms. The number of nitriles is 1. The molecule has 0 radical (unpaired) electrons. The van der Waals surface area contributed by atoms with Gasteiger partial charge in [0.1, 0.15) is 0 Å². The van der Waals surface area contributed by atoms with Crippen molar-refractivity contribution >= 4 is 0 Å². The first-order valence-electron chi connectivity index (χ1n) is 7.04. The molecule has 0 heterocycles. The Hall–Kier alpha value is -1.33. The van der Waals surface area contributed by atoms with Crippen LogP contribution >= 0.6 is 0 Å². The number of rotatable bonds is 4. The highest BCUT2D eigenvalue weighted by atomic mass is 15.0. The lowest BCUT2D eigenvalue weighted by molar-refractivity contribution is 0.494. The van der Waals surface area contributed by atoms with Gasteiger partial charge in [0.2, 0.25) is 0 Å². The third-order valence-corrected chi connectivity index (χ3v) is 4.33. The molecule has 1 N–H and O–H groups in total. The van der Waals surface area contributed by atoms with Crippen LogP contribution in [0, 0.1) is 23.2 Å². The Morgan fingerprint density at radius 3 is 2.72 bits per heavy atom. The van der Waals surface area contributed by atoms with Crippen molar-refractivity contribution in [2.24, 2.45) is 11.8 Å². The van der Waals surface area contributed by atoms with Crippen molar-refractivity contribution in [2.45, 2.75) is 44.2 Å². The third kappa shape index (κ3) is 2.73. The minimum Gasteiger partial charge on any atom is -0.311 e. The summed E-state index contributed by atoms with van der Waals surface area (Å²) in [4.78, 5) is 0. The summed E-state index contributed by atoms with van der Waals surface area (Å²) in [5.74, 6) is 1.11. The fraction of sp³-hybridized carbons (Fsp3) is 0.562. The molecule has 1 aromatic carbocycles. The van der Waals surface area contributed by atoms with E-state index in [9.17, 15) is 0 Å². The van der Waals surface area contributed by atoms with Crippen LogP contribution in [0.2, 0.25) is 0 Å². The lowest BCUT2D eigenvalue weighted by atomic mass is 10.1. The van der Waals surface area contributed by atoms with Gasteiger partial charge in [-0.1, -0.05) is 30.3 Å². The molecule has 0 bridgehead atoms. The summed E-state index contributed by atoms with van der Waals surface area (Å²) in [5, 5.41) is 12.6. The Kier molecular flexibility index (Phi) is 3.34. The molecule has 0 amide bonds. The molecule has 0 aliphatic heterocycles. The molecule has 2 aliphatic rings. The molecular formula is C16H20N2. The van der Waals surface area contributed by atoms with E-state index < -0.39 is 0 Å². The van der Waals surface area contributed by atoms with Gasteiger partial charge in [-0.2, -0.15) is 5.26 Å². The van der Waals surface area contributed by atoms with Gasteiger partial charge < -0.3 is 5.32 Å². The van der Waals surface area contributed by atoms with Crippen LogP contribution in [0.4, 0.5) is 0 Å². The van der Waals surface area contributed by atoms with Crippen molar-refractivity contribution < 1.29 is 0 Å². The van der Waals surface area contributed by atoms with Gasteiger partial charge in [-0.15, -0.1) is 0 Å². The highest BCUT2D eigenvalue weighted by molar-refractivity contribution is 5.17. The normalized spacial score (nSPS) is 34.2. The highest BCUT2D eigenvalue weighted by Gasteiger charge is 2.39. The molecule has 0 saturated heterocycles. The van der Waals surface area contributed by atoms with Gasteiger partial charge in [-0.3, -0.25) is 0 Å². The van der Waals surface area contributed by atoms with E-state index in [4.69, 9.17) is 5.26 Å². The summed E-state index contributed by atoms with van der Waals surface area (Å²) in [6.07, 6.45) is 5.84. The second-order valence-electron chi connectivity index (χ2n) is 5.79. The smallest absolute Gasteiger partial charge is 0.0656 e. The largest absolute Gasteiger partial charge is 0.311 e. The van der Waals surface area contributed by atoms with E-state index in [1.807, 2.05) is 0 Å². The van der Waals surface area contributed by atoms with Crippen LogP contribution in [0.25, 0.3) is 0 Å². The molecule has 4 unspecified atom stereocenters. The fourth-order valence-electron chi connectivity index (χ4n) is 3.15. The van der Waals surface area contributed by atoms with Crippen molar-refractivity contribution in [2.75, 3.05) is 0 Å². The molecule has 1 aromatic rings. The quantitative estimate of drug-likeness (QED) is 0.878. The summed E-state index contributed by atoms with van der Waals surface area (Å²) >= 11 is 0. The maximum absolute atomic E-state index is 8.90. The number of nitrogens with one attached hydrogen (secondary N) is 1. The molecule has 2 saturated carbocycles. The summed E-state index contributed by atoms with van der Waals surface area (Å²) < 4.78 is 0. The topological polar surface area (TPSA) is 35.8 Å². The first-order valence-corrected chi connectivity index (χ1v) is 7.04. The number of benzene rings is 1. The van der Waals surface area contributed by atoms with Gasteiger partial charge in [0.05, 0.1) is 6.07 Å². The van der Waals surface area contributed by atoms with Crippen molar-refractivity contribution in [3.63, 3.8) is 0 Å². The SMILES string of the molecule is N#CC1CCC(NC2CC2Cc2ccccc2)C1. The van der Waals surface area contributed by atoms with E-state index in [0.29, 0.717) is 18.0 Å². The average molecular weight is 240 g/mol. The van der Waals surface area contributed by atoms with Crippen LogP contribution in [-0.2, 0) is 6.42 Å². The molecule has 2 nitrogen and oxygen atoms in total. The molecular weight excluding hydrogens is 220 g/mol. The van der Waals surface area contributed by atoms with E-state index in [1.54, 1.807) is 0 Å². The maximum atomic E-state index is 8.90. The van der Waals surface area contributed by atoms with Crippen LogP contribution in [0.1, 0.15) is 31.2 Å². The summed E-state index contributed by atoms with van der Waals surface area (Å²) in [5.41, 5.74) is 1.45. The predicted octanol–water partition coefficient (Wildman–Crippen LogP) is 2.90. The van der Waals surface area contributed by atoms with Crippen LogP contribution < -0.4 is 5.32 Å². The van der Waals surface area contributed by atoms with Gasteiger partial charge in [-0.05, 0) is 43.6 Å². The van der Waals surface area contributed by atoms with Crippen molar-refractivity contribution in [1.29, 1.82) is 5.26 Å². The van der Waals surface area contributed by atoms with Crippen molar-refractivity contribution in [1.82, 2.24) is 5.32 Å². The summed E-state index contributed by atoms with van der Waals surface area (Å²) in [7, 11) is 0. The third-order valence-electron chi connectivity index (χ3n) is 4.33. The Labute approximate surface area is 109 Å². The lowest BCUT2D eigenvalue weighted by Crippen LogP contribution is -2.29. The van der Waals surface area contributed by atoms with Gasteiger partial charge >= 0.3 is 0 Å². The Balaban J connectivity index is 1.44. The summed E-state index contributed by atoms with van der Waals surface area (Å²) in [6, 6.07) is 14.5. The molecule has 2 aliphatic carbocycles. The average Bonchev–Trinajstić information content (AvgIpc) is 2.95. The van der Waals surface area contributed by atoms with E-state index in [1.165, 1.54) is 24.8 Å². The minimum atomic E-state index is 0.300. The molecule has 2 fully saturated rings. The molecule has 3 rings (SSSR count). The van der Waals surface area contributed by atoms with Gasteiger partial charge in [0.15, 0.2) is 0 Å². The first-order chi connectivity index (χ1) is 8.85. The zero-order valence-corrected chi connectivity index (χ0v) is 10.7. The fourth-order valence-corrected chi connectivity index (χ4v) is 3.15. The molecule has 0 aromatic heterocycles. The van der Waals surface area contributed by atoms with E-state index in [2.05, 4.69) is 41.7 Å². The number of hydrogen-bond acceptors (Lipinski definition) is 2. The Morgan fingerprint density at radius 2 is 2.00 bits per heavy atom. The van der Waals surface area contributed by atoms with Crippen LogP contribution in [0.15, 0.2) is 30.3 Å². The second kappa shape index (κ2) is 5.12. The lowest BCUT2D eigenvalue weighted by Gasteiger charge is -2.11. The summed E-state index contributed by atoms with van der Waals surface area (Å²) in [6.45, 7) is 0. The molecule has 2 heteroatoms. The highest BCUT2D eigenvalue weighted by Crippen LogP contribution is 2.36. The second-order valence-corrected chi connectivity index (χ2v) is 5.79. The van der Waals surface area contributed by atoms with Gasteiger partial charge in [0, 0.05) is 18.0 Å². The Morgan fingerprint density at radius 1 is 1.17 bits per heavy atom. The Bertz CT molecular complexity index is 434. The minimum absolute atomic E-state index is 0.300. The van der Waals surface area contributed by atoms with E-state index in [-0.39, 0.29) is 0 Å². The molecule has 94 valence electrons. The first kappa shape index (κ1) is 11.7. The van der Waals surface area contributed by atoms with Crippen LogP contribution in [-0.4, -0.2) is 12.1 Å². The van der Waals surface area contributed by atoms with Gasteiger partial charge in [0.25, 0.3) is 0 Å². The van der Waals surface area contributed by atoms with Crippen molar-refractivity contribution in [3.8, 4) is 6.07 Å². The van der Waals surface area contributed by atoms with Crippen LogP contribution in [0.3, 0.4) is 0 Å².